The van der Waals surface area contributed by atoms with Crippen LogP contribution >= 0.6 is 0 Å². The molecule has 1 aliphatic heterocycles. The first-order chi connectivity index (χ1) is 15.0. The third kappa shape index (κ3) is 4.70. The van der Waals surface area contributed by atoms with Gasteiger partial charge < -0.3 is 30.4 Å². The summed E-state index contributed by atoms with van der Waals surface area (Å²) in [4.78, 5) is 4.25. The molecule has 2 aromatic carbocycles. The molecular formula is C23H24FN3O4. The zero-order valence-electron chi connectivity index (χ0n) is 17.1. The Hall–Kier alpha value is -3.36. The van der Waals surface area contributed by atoms with Gasteiger partial charge in [0.25, 0.3) is 0 Å². The quantitative estimate of drug-likeness (QED) is 0.583. The van der Waals surface area contributed by atoms with E-state index < -0.39 is 5.82 Å². The first-order valence-electron chi connectivity index (χ1n) is 9.86. The van der Waals surface area contributed by atoms with Gasteiger partial charge in [-0.1, -0.05) is 6.07 Å². The SMILES string of the molecule is COc1cc(-c2cnc(N)c(-c3ccc(N)cc3F)c2)ccc1OCC1COCCO1. The number of pyridine rings is 1. The lowest BCUT2D eigenvalue weighted by molar-refractivity contribution is -0.101. The number of halogens is 1. The highest BCUT2D eigenvalue weighted by Gasteiger charge is 2.17. The van der Waals surface area contributed by atoms with E-state index in [9.17, 15) is 4.39 Å². The predicted octanol–water partition coefficient (Wildman–Crippen LogP) is 3.52. The fraction of sp³-hybridized carbons (Fsp3) is 0.261. The van der Waals surface area contributed by atoms with Gasteiger partial charge in [-0.05, 0) is 42.0 Å². The first kappa shape index (κ1) is 20.9. The Morgan fingerprint density at radius 2 is 1.90 bits per heavy atom. The molecule has 4 N–H and O–H groups in total. The van der Waals surface area contributed by atoms with Crippen LogP contribution in [0.25, 0.3) is 22.3 Å². The van der Waals surface area contributed by atoms with Gasteiger partial charge in [0, 0.05) is 28.6 Å². The van der Waals surface area contributed by atoms with E-state index >= 15 is 0 Å². The first-order valence-corrected chi connectivity index (χ1v) is 9.86. The molecule has 31 heavy (non-hydrogen) atoms. The van der Waals surface area contributed by atoms with E-state index in [2.05, 4.69) is 4.98 Å². The number of nitrogens with zero attached hydrogens (tertiary/aromatic N) is 1. The van der Waals surface area contributed by atoms with Gasteiger partial charge in [0.2, 0.25) is 0 Å². The number of nitrogen functional groups attached to an aromatic ring is 2. The Morgan fingerprint density at radius 3 is 2.65 bits per heavy atom. The van der Waals surface area contributed by atoms with Gasteiger partial charge in [0.15, 0.2) is 11.5 Å². The highest BCUT2D eigenvalue weighted by molar-refractivity contribution is 5.80. The minimum atomic E-state index is -0.458. The number of hydrogen-bond acceptors (Lipinski definition) is 7. The molecule has 162 valence electrons. The van der Waals surface area contributed by atoms with E-state index in [1.807, 2.05) is 18.2 Å². The number of rotatable bonds is 6. The van der Waals surface area contributed by atoms with E-state index in [4.69, 9.17) is 30.4 Å². The molecule has 1 atom stereocenters. The molecule has 1 aliphatic rings. The van der Waals surface area contributed by atoms with Crippen LogP contribution in [0.15, 0.2) is 48.7 Å². The molecule has 0 amide bonds. The Balaban J connectivity index is 1.60. The lowest BCUT2D eigenvalue weighted by Crippen LogP contribution is -2.33. The molecule has 1 unspecified atom stereocenters. The predicted molar refractivity (Wildman–Crippen MR) is 116 cm³/mol. The average molecular weight is 425 g/mol. The van der Waals surface area contributed by atoms with Crippen molar-refractivity contribution in [1.82, 2.24) is 4.98 Å². The summed E-state index contributed by atoms with van der Waals surface area (Å²) in [5.41, 5.74) is 14.4. The van der Waals surface area contributed by atoms with Crippen molar-refractivity contribution < 1.29 is 23.3 Å². The van der Waals surface area contributed by atoms with Crippen LogP contribution in [0.4, 0.5) is 15.9 Å². The topological polar surface area (TPSA) is 102 Å². The van der Waals surface area contributed by atoms with Gasteiger partial charge in [-0.15, -0.1) is 0 Å². The second kappa shape index (κ2) is 9.20. The summed E-state index contributed by atoms with van der Waals surface area (Å²) in [5, 5.41) is 0. The smallest absolute Gasteiger partial charge is 0.161 e. The van der Waals surface area contributed by atoms with Crippen LogP contribution in [0.3, 0.4) is 0 Å². The van der Waals surface area contributed by atoms with Gasteiger partial charge in [-0.3, -0.25) is 0 Å². The van der Waals surface area contributed by atoms with Crippen molar-refractivity contribution in [3.05, 3.63) is 54.5 Å². The van der Waals surface area contributed by atoms with Crippen LogP contribution in [-0.4, -0.2) is 44.6 Å². The van der Waals surface area contributed by atoms with E-state index in [1.165, 1.54) is 6.07 Å². The van der Waals surface area contributed by atoms with Crippen LogP contribution in [0, 0.1) is 5.82 Å². The van der Waals surface area contributed by atoms with Crippen LogP contribution in [0.5, 0.6) is 11.5 Å². The minimum Gasteiger partial charge on any atom is -0.493 e. The number of methoxy groups -OCH3 is 1. The Morgan fingerprint density at radius 1 is 1.03 bits per heavy atom. The minimum absolute atomic E-state index is 0.114. The molecule has 7 nitrogen and oxygen atoms in total. The number of hydrogen-bond donors (Lipinski definition) is 2. The van der Waals surface area contributed by atoms with Gasteiger partial charge in [0.05, 0.1) is 26.9 Å². The molecule has 0 saturated carbocycles. The molecule has 1 fully saturated rings. The number of anilines is 2. The number of benzene rings is 2. The summed E-state index contributed by atoms with van der Waals surface area (Å²) in [6.45, 7) is 2.03. The average Bonchev–Trinajstić information content (AvgIpc) is 2.79. The molecule has 2 heterocycles. The maximum atomic E-state index is 14.4. The molecule has 4 rings (SSSR count). The van der Waals surface area contributed by atoms with Gasteiger partial charge in [-0.25, -0.2) is 9.37 Å². The Kier molecular flexibility index (Phi) is 6.20. The van der Waals surface area contributed by atoms with Crippen molar-refractivity contribution in [3.63, 3.8) is 0 Å². The van der Waals surface area contributed by atoms with Gasteiger partial charge >= 0.3 is 0 Å². The van der Waals surface area contributed by atoms with Gasteiger partial charge in [0.1, 0.15) is 24.3 Å². The second-order valence-electron chi connectivity index (χ2n) is 7.14. The summed E-state index contributed by atoms with van der Waals surface area (Å²) in [6.07, 6.45) is 1.52. The molecule has 0 spiro atoms. The van der Waals surface area contributed by atoms with Crippen molar-refractivity contribution in [2.45, 2.75) is 6.10 Å². The monoisotopic (exact) mass is 425 g/mol. The van der Waals surface area contributed by atoms with Crippen molar-refractivity contribution in [2.75, 3.05) is 45.0 Å². The number of ether oxygens (including phenoxy) is 4. The fourth-order valence-corrected chi connectivity index (χ4v) is 3.38. The van der Waals surface area contributed by atoms with Crippen LogP contribution in [0.2, 0.25) is 0 Å². The van der Waals surface area contributed by atoms with Crippen LogP contribution in [-0.2, 0) is 9.47 Å². The van der Waals surface area contributed by atoms with Crippen LogP contribution < -0.4 is 20.9 Å². The maximum absolute atomic E-state index is 14.4. The highest BCUT2D eigenvalue weighted by Crippen LogP contribution is 2.36. The number of nitrogens with two attached hydrogens (primary N) is 2. The van der Waals surface area contributed by atoms with Crippen molar-refractivity contribution >= 4 is 11.5 Å². The molecule has 3 aromatic rings. The third-order valence-corrected chi connectivity index (χ3v) is 5.01. The lowest BCUT2D eigenvalue weighted by Gasteiger charge is -2.23. The Bertz CT molecular complexity index is 1070. The molecule has 1 aromatic heterocycles. The summed E-state index contributed by atoms with van der Waals surface area (Å²) < 4.78 is 36.8. The largest absolute Gasteiger partial charge is 0.493 e. The summed E-state index contributed by atoms with van der Waals surface area (Å²) in [5.74, 6) is 0.926. The van der Waals surface area contributed by atoms with E-state index in [0.29, 0.717) is 54.7 Å². The third-order valence-electron chi connectivity index (χ3n) is 5.01. The zero-order valence-corrected chi connectivity index (χ0v) is 17.1. The van der Waals surface area contributed by atoms with E-state index in [-0.39, 0.29) is 11.9 Å². The summed E-state index contributed by atoms with van der Waals surface area (Å²) in [6, 6.07) is 11.8. The van der Waals surface area contributed by atoms with Crippen molar-refractivity contribution in [2.24, 2.45) is 0 Å². The molecular weight excluding hydrogens is 401 g/mol. The summed E-state index contributed by atoms with van der Waals surface area (Å²) >= 11 is 0. The van der Waals surface area contributed by atoms with Crippen molar-refractivity contribution in [3.8, 4) is 33.8 Å². The molecule has 1 saturated heterocycles. The maximum Gasteiger partial charge on any atom is 0.161 e. The van der Waals surface area contributed by atoms with Crippen molar-refractivity contribution in [1.29, 1.82) is 0 Å². The highest BCUT2D eigenvalue weighted by atomic mass is 19.1. The fourth-order valence-electron chi connectivity index (χ4n) is 3.38. The molecule has 0 aliphatic carbocycles. The normalized spacial score (nSPS) is 16.1. The standard InChI is InChI=1S/C23H24FN3O4/c1-28-22-9-14(2-5-21(22)31-13-17-12-29-6-7-30-17)15-8-19(23(26)27-11-15)18-4-3-16(25)10-20(18)24/h2-5,8-11,17H,6-7,12-13,25H2,1H3,(H2,26,27). The Labute approximate surface area is 179 Å². The summed E-state index contributed by atoms with van der Waals surface area (Å²) in [7, 11) is 1.57. The van der Waals surface area contributed by atoms with Gasteiger partial charge in [-0.2, -0.15) is 0 Å². The van der Waals surface area contributed by atoms with E-state index in [0.717, 1.165) is 11.1 Å². The number of aromatic nitrogens is 1. The zero-order chi connectivity index (χ0) is 21.8. The van der Waals surface area contributed by atoms with Crippen LogP contribution in [0.1, 0.15) is 0 Å². The molecule has 0 radical (unpaired) electrons. The van der Waals surface area contributed by atoms with E-state index in [1.54, 1.807) is 31.5 Å². The lowest BCUT2D eigenvalue weighted by atomic mass is 10.00. The molecule has 0 bridgehead atoms. The molecule has 8 heteroatoms. The second-order valence-corrected chi connectivity index (χ2v) is 7.14.